The highest BCUT2D eigenvalue weighted by molar-refractivity contribution is 4.62. The molecule has 2 heteroatoms. The zero-order valence-corrected chi connectivity index (χ0v) is 28.5. The van der Waals surface area contributed by atoms with Crippen molar-refractivity contribution < 1.29 is 4.48 Å². The van der Waals surface area contributed by atoms with E-state index in [0.717, 1.165) is 0 Å². The van der Waals surface area contributed by atoms with Crippen LogP contribution in [0.5, 0.6) is 0 Å². The lowest BCUT2D eigenvalue weighted by Gasteiger charge is -2.41. The van der Waals surface area contributed by atoms with E-state index in [9.17, 15) is 0 Å². The van der Waals surface area contributed by atoms with E-state index in [-0.39, 0.29) is 0 Å². The maximum Gasteiger partial charge on any atom is 0.0915 e. The van der Waals surface area contributed by atoms with E-state index in [4.69, 9.17) is 0 Å². The molecule has 0 aliphatic carbocycles. The molecule has 0 bridgehead atoms. The molecule has 39 heavy (non-hydrogen) atoms. The average molecular weight is 552 g/mol. The van der Waals surface area contributed by atoms with Gasteiger partial charge in [-0.25, -0.2) is 0 Å². The lowest BCUT2D eigenvalue weighted by molar-refractivity contribution is -0.928. The number of hydrogen-bond donors (Lipinski definition) is 0. The van der Waals surface area contributed by atoms with Gasteiger partial charge >= 0.3 is 0 Å². The topological polar surface area (TPSA) is 3.24 Å². The Morgan fingerprint density at radius 3 is 0.872 bits per heavy atom. The highest BCUT2D eigenvalue weighted by Gasteiger charge is 2.27. The molecule has 0 aliphatic heterocycles. The minimum atomic E-state index is 1.35. The van der Waals surface area contributed by atoms with Crippen molar-refractivity contribution in [2.75, 3.05) is 45.8 Å². The number of quaternary nitrogens is 1. The van der Waals surface area contributed by atoms with Crippen molar-refractivity contribution in [3.05, 3.63) is 0 Å². The van der Waals surface area contributed by atoms with Gasteiger partial charge in [0.2, 0.25) is 0 Å². The van der Waals surface area contributed by atoms with Gasteiger partial charge in [0.15, 0.2) is 0 Å². The molecule has 0 radical (unpaired) electrons. The third kappa shape index (κ3) is 25.4. The number of rotatable bonds is 33. The molecule has 0 saturated carbocycles. The summed E-state index contributed by atoms with van der Waals surface area (Å²) in [6.45, 7) is 21.6. The smallest absolute Gasteiger partial charge is 0.0915 e. The summed E-state index contributed by atoms with van der Waals surface area (Å²) in [4.78, 5) is 2.91. The van der Waals surface area contributed by atoms with Gasteiger partial charge in [0.25, 0.3) is 0 Å². The fourth-order valence-corrected chi connectivity index (χ4v) is 6.39. The summed E-state index contributed by atoms with van der Waals surface area (Å²) in [5.74, 6) is 0. The quantitative estimate of drug-likeness (QED) is 0.0579. The van der Waals surface area contributed by atoms with Gasteiger partial charge in [-0.2, -0.15) is 0 Å². The van der Waals surface area contributed by atoms with Crippen molar-refractivity contribution in [2.24, 2.45) is 0 Å². The third-order valence-corrected chi connectivity index (χ3v) is 9.25. The molecule has 0 rings (SSSR count). The third-order valence-electron chi connectivity index (χ3n) is 9.25. The van der Waals surface area contributed by atoms with E-state index in [1.54, 1.807) is 0 Å². The molecular formula is C37H79N2+. The molecule has 236 valence electrons. The Kier molecular flexibility index (Phi) is 30.8. The van der Waals surface area contributed by atoms with Gasteiger partial charge in [0.05, 0.1) is 26.2 Å². The largest absolute Gasteiger partial charge is 0.323 e. The normalized spacial score (nSPS) is 12.2. The minimum Gasteiger partial charge on any atom is -0.323 e. The second-order valence-electron chi connectivity index (χ2n) is 13.1. The van der Waals surface area contributed by atoms with E-state index in [0.29, 0.717) is 0 Å². The van der Waals surface area contributed by atoms with E-state index >= 15 is 0 Å². The summed E-state index contributed by atoms with van der Waals surface area (Å²) in [6, 6.07) is 0. The zero-order chi connectivity index (χ0) is 28.7. The highest BCUT2D eigenvalue weighted by Crippen LogP contribution is 2.19. The molecule has 0 amide bonds. The summed E-state index contributed by atoms with van der Waals surface area (Å²) in [6.07, 6.45) is 35.6. The Hall–Kier alpha value is -0.0800. The van der Waals surface area contributed by atoms with Gasteiger partial charge in [-0.1, -0.05) is 144 Å². The van der Waals surface area contributed by atoms with E-state index in [1.807, 2.05) is 0 Å². The van der Waals surface area contributed by atoms with E-state index in [2.05, 4.69) is 39.5 Å². The van der Waals surface area contributed by atoms with Crippen LogP contribution in [0.25, 0.3) is 0 Å². The Morgan fingerprint density at radius 1 is 0.282 bits per heavy atom. The van der Waals surface area contributed by atoms with Gasteiger partial charge in [0.1, 0.15) is 0 Å². The molecule has 0 saturated heterocycles. The summed E-state index contributed by atoms with van der Waals surface area (Å²) in [5, 5.41) is 0. The van der Waals surface area contributed by atoms with Crippen LogP contribution in [0.15, 0.2) is 0 Å². The monoisotopic (exact) mass is 552 g/mol. The lowest BCUT2D eigenvalue weighted by atomic mass is 10.1. The predicted octanol–water partition coefficient (Wildman–Crippen LogP) is 12.0. The molecule has 0 fully saturated rings. The van der Waals surface area contributed by atoms with Crippen LogP contribution >= 0.6 is 0 Å². The lowest BCUT2D eigenvalue weighted by Crippen LogP contribution is -2.54. The van der Waals surface area contributed by atoms with E-state index < -0.39 is 0 Å². The van der Waals surface area contributed by atoms with Crippen LogP contribution in [0, 0.1) is 0 Å². The van der Waals surface area contributed by atoms with Gasteiger partial charge in [0, 0.05) is 6.54 Å². The molecule has 0 heterocycles. The number of hydrogen-bond acceptors (Lipinski definition) is 1. The van der Waals surface area contributed by atoms with Crippen LogP contribution in [-0.4, -0.2) is 55.2 Å². The summed E-state index contributed by atoms with van der Waals surface area (Å²) in [5.41, 5.74) is 0. The SMILES string of the molecule is CCCCCCCN(CCCCCCC)CC[N+](CCCCCCC)(CCCCCCC)CCCCCCC. The standard InChI is InChI=1S/C37H79N2/c1-6-11-16-21-26-31-38(32-27-22-17-12-7-2)33-37-39(34-28-23-18-13-8-3,35-29-24-19-14-9-4)36-30-25-20-15-10-5/h6-37H2,1-5H3/q+1. The van der Waals surface area contributed by atoms with Crippen molar-refractivity contribution in [1.82, 2.24) is 4.90 Å². The molecule has 0 aromatic heterocycles. The number of unbranched alkanes of at least 4 members (excludes halogenated alkanes) is 20. The van der Waals surface area contributed by atoms with Gasteiger partial charge in [-0.3, -0.25) is 4.90 Å². The second kappa shape index (κ2) is 30.9. The fourth-order valence-electron chi connectivity index (χ4n) is 6.39. The van der Waals surface area contributed by atoms with Crippen LogP contribution in [0.1, 0.15) is 195 Å². The van der Waals surface area contributed by atoms with Crippen molar-refractivity contribution in [3.63, 3.8) is 0 Å². The van der Waals surface area contributed by atoms with E-state index in [1.165, 1.54) is 211 Å². The molecule has 2 nitrogen and oxygen atoms in total. The first kappa shape index (κ1) is 38.9. The summed E-state index contributed by atoms with van der Waals surface area (Å²) < 4.78 is 1.44. The van der Waals surface area contributed by atoms with Crippen molar-refractivity contribution in [1.29, 1.82) is 0 Å². The molecule has 0 N–H and O–H groups in total. The van der Waals surface area contributed by atoms with Crippen molar-refractivity contribution >= 4 is 0 Å². The number of nitrogens with zero attached hydrogens (tertiary/aromatic N) is 2. The predicted molar refractivity (Wildman–Crippen MR) is 180 cm³/mol. The first-order valence-electron chi connectivity index (χ1n) is 18.7. The molecular weight excluding hydrogens is 472 g/mol. The van der Waals surface area contributed by atoms with Crippen LogP contribution in [0.2, 0.25) is 0 Å². The maximum atomic E-state index is 2.91. The average Bonchev–Trinajstić information content (AvgIpc) is 2.94. The van der Waals surface area contributed by atoms with Crippen molar-refractivity contribution in [3.8, 4) is 0 Å². The Bertz CT molecular complexity index is 399. The highest BCUT2D eigenvalue weighted by atomic mass is 15.4. The Morgan fingerprint density at radius 2 is 0.564 bits per heavy atom. The first-order valence-corrected chi connectivity index (χ1v) is 18.7. The maximum absolute atomic E-state index is 2.91. The zero-order valence-electron chi connectivity index (χ0n) is 28.5. The van der Waals surface area contributed by atoms with Crippen LogP contribution in [0.4, 0.5) is 0 Å². The Labute approximate surface area is 250 Å². The van der Waals surface area contributed by atoms with Gasteiger partial charge in [-0.05, 0) is 64.5 Å². The molecule has 0 spiro atoms. The fraction of sp³-hybridized carbons (Fsp3) is 1.00. The van der Waals surface area contributed by atoms with Gasteiger partial charge < -0.3 is 4.48 Å². The molecule has 0 unspecified atom stereocenters. The molecule has 0 aromatic rings. The van der Waals surface area contributed by atoms with Gasteiger partial charge in [-0.15, -0.1) is 0 Å². The Balaban J connectivity index is 5.28. The molecule has 0 aromatic carbocycles. The van der Waals surface area contributed by atoms with Crippen molar-refractivity contribution in [2.45, 2.75) is 195 Å². The van der Waals surface area contributed by atoms with Crippen LogP contribution in [-0.2, 0) is 0 Å². The molecule has 0 atom stereocenters. The first-order chi connectivity index (χ1) is 19.2. The summed E-state index contributed by atoms with van der Waals surface area (Å²) >= 11 is 0. The van der Waals surface area contributed by atoms with Crippen LogP contribution in [0.3, 0.4) is 0 Å². The van der Waals surface area contributed by atoms with Crippen LogP contribution < -0.4 is 0 Å². The summed E-state index contributed by atoms with van der Waals surface area (Å²) in [7, 11) is 0. The molecule has 0 aliphatic rings. The second-order valence-corrected chi connectivity index (χ2v) is 13.1. The minimum absolute atomic E-state index is 1.35.